The van der Waals surface area contributed by atoms with E-state index in [9.17, 15) is 12.8 Å². The van der Waals surface area contributed by atoms with E-state index in [0.29, 0.717) is 18.7 Å². The summed E-state index contributed by atoms with van der Waals surface area (Å²) in [5, 5.41) is 4.14. The first-order valence-electron chi connectivity index (χ1n) is 5.01. The Bertz CT molecular complexity index is 549. The van der Waals surface area contributed by atoms with Crippen molar-refractivity contribution in [3.8, 4) is 0 Å². The molecular formula is C11H12FNO2S. The third kappa shape index (κ3) is 1.76. The van der Waals surface area contributed by atoms with Crippen LogP contribution in [0.15, 0.2) is 28.5 Å². The lowest BCUT2D eigenvalue weighted by Gasteiger charge is -2.05. The van der Waals surface area contributed by atoms with Gasteiger partial charge in [0.05, 0.1) is 4.90 Å². The van der Waals surface area contributed by atoms with Crippen LogP contribution >= 0.6 is 0 Å². The Morgan fingerprint density at radius 2 is 2.12 bits per heavy atom. The standard InChI is InChI=1S/C11H12FNO2S/c1-2-13-6-8-7-16(14,15)10-5-3-4-9(12)11(8)10/h3-5,7,13H,2,6H2,1H3. The van der Waals surface area contributed by atoms with Crippen molar-refractivity contribution >= 4 is 15.4 Å². The molecule has 1 aliphatic heterocycles. The molecule has 0 atom stereocenters. The molecule has 0 bridgehead atoms. The van der Waals surface area contributed by atoms with E-state index in [1.54, 1.807) is 0 Å². The van der Waals surface area contributed by atoms with E-state index in [1.165, 1.54) is 18.2 Å². The molecule has 0 saturated heterocycles. The van der Waals surface area contributed by atoms with Crippen LogP contribution in [-0.4, -0.2) is 21.5 Å². The van der Waals surface area contributed by atoms with Crippen molar-refractivity contribution in [2.24, 2.45) is 0 Å². The van der Waals surface area contributed by atoms with Crippen molar-refractivity contribution in [1.29, 1.82) is 0 Å². The SMILES string of the molecule is CCNCC1=CS(=O)(=O)c2cccc(F)c21. The number of likely N-dealkylation sites (N-methyl/N-ethyl adjacent to an activating group) is 1. The van der Waals surface area contributed by atoms with E-state index in [1.807, 2.05) is 6.92 Å². The van der Waals surface area contributed by atoms with Gasteiger partial charge in [-0.1, -0.05) is 13.0 Å². The minimum Gasteiger partial charge on any atom is -0.313 e. The molecule has 0 amide bonds. The fraction of sp³-hybridized carbons (Fsp3) is 0.273. The molecule has 1 aliphatic rings. The highest BCUT2D eigenvalue weighted by atomic mass is 32.2. The number of hydrogen-bond donors (Lipinski definition) is 1. The van der Waals surface area contributed by atoms with Crippen LogP contribution in [0.3, 0.4) is 0 Å². The maximum Gasteiger partial charge on any atom is 0.200 e. The van der Waals surface area contributed by atoms with E-state index in [-0.39, 0.29) is 10.5 Å². The topological polar surface area (TPSA) is 46.2 Å². The number of benzene rings is 1. The third-order valence-electron chi connectivity index (χ3n) is 2.47. The van der Waals surface area contributed by atoms with Crippen molar-refractivity contribution in [3.63, 3.8) is 0 Å². The Balaban J connectivity index is 2.53. The molecule has 86 valence electrons. The van der Waals surface area contributed by atoms with Gasteiger partial charge in [0.2, 0.25) is 9.84 Å². The molecule has 1 aromatic carbocycles. The van der Waals surface area contributed by atoms with Gasteiger partial charge >= 0.3 is 0 Å². The van der Waals surface area contributed by atoms with Crippen LogP contribution in [0.25, 0.3) is 5.57 Å². The van der Waals surface area contributed by atoms with Crippen LogP contribution in [0.4, 0.5) is 4.39 Å². The number of halogens is 1. The maximum atomic E-state index is 13.6. The highest BCUT2D eigenvalue weighted by molar-refractivity contribution is 7.95. The Morgan fingerprint density at radius 1 is 1.38 bits per heavy atom. The molecule has 3 nitrogen and oxygen atoms in total. The first-order chi connectivity index (χ1) is 7.56. The summed E-state index contributed by atoms with van der Waals surface area (Å²) in [6.07, 6.45) is 0. The molecule has 1 N–H and O–H groups in total. The molecule has 0 aromatic heterocycles. The lowest BCUT2D eigenvalue weighted by molar-refractivity contribution is 0.599. The number of rotatable bonds is 3. The molecule has 1 heterocycles. The minimum absolute atomic E-state index is 0.0698. The van der Waals surface area contributed by atoms with Gasteiger partial charge < -0.3 is 5.32 Å². The molecule has 0 radical (unpaired) electrons. The predicted octanol–water partition coefficient (Wildman–Crippen LogP) is 1.56. The summed E-state index contributed by atoms with van der Waals surface area (Å²) >= 11 is 0. The molecule has 5 heteroatoms. The van der Waals surface area contributed by atoms with Gasteiger partial charge in [-0.2, -0.15) is 0 Å². The van der Waals surface area contributed by atoms with Crippen molar-refractivity contribution in [2.75, 3.05) is 13.1 Å². The summed E-state index contributed by atoms with van der Waals surface area (Å²) in [6, 6.07) is 4.12. The van der Waals surface area contributed by atoms with Gasteiger partial charge in [-0.3, -0.25) is 0 Å². The smallest absolute Gasteiger partial charge is 0.200 e. The van der Waals surface area contributed by atoms with Crippen LogP contribution in [0.5, 0.6) is 0 Å². The monoisotopic (exact) mass is 241 g/mol. The zero-order valence-corrected chi connectivity index (χ0v) is 9.64. The van der Waals surface area contributed by atoms with Crippen molar-refractivity contribution in [2.45, 2.75) is 11.8 Å². The molecule has 2 rings (SSSR count). The molecule has 0 fully saturated rings. The summed E-state index contributed by atoms with van der Waals surface area (Å²) in [5.74, 6) is -0.484. The fourth-order valence-corrected chi connectivity index (χ4v) is 3.24. The van der Waals surface area contributed by atoms with E-state index < -0.39 is 15.7 Å². The zero-order chi connectivity index (χ0) is 11.8. The largest absolute Gasteiger partial charge is 0.313 e. The Hall–Kier alpha value is -1.20. The Labute approximate surface area is 93.9 Å². The van der Waals surface area contributed by atoms with E-state index in [0.717, 1.165) is 5.41 Å². The second-order valence-electron chi connectivity index (χ2n) is 3.58. The first-order valence-corrected chi connectivity index (χ1v) is 6.56. The Kier molecular flexibility index (Phi) is 2.82. The minimum atomic E-state index is -3.45. The lowest BCUT2D eigenvalue weighted by Crippen LogP contribution is -2.15. The van der Waals surface area contributed by atoms with Crippen LogP contribution in [0.1, 0.15) is 12.5 Å². The number of hydrogen-bond acceptors (Lipinski definition) is 3. The first kappa shape index (κ1) is 11.3. The van der Waals surface area contributed by atoms with Crippen molar-refractivity contribution in [1.82, 2.24) is 5.32 Å². The molecule has 0 saturated carbocycles. The van der Waals surface area contributed by atoms with Crippen molar-refractivity contribution < 1.29 is 12.8 Å². The summed E-state index contributed by atoms with van der Waals surface area (Å²) in [5.41, 5.74) is 0.707. The second-order valence-corrected chi connectivity index (χ2v) is 5.35. The quantitative estimate of drug-likeness (QED) is 0.873. The summed E-state index contributed by atoms with van der Waals surface area (Å²) < 4.78 is 37.0. The van der Waals surface area contributed by atoms with Gasteiger partial charge in [0, 0.05) is 17.5 Å². The average Bonchev–Trinajstić information content (AvgIpc) is 2.49. The van der Waals surface area contributed by atoms with E-state index >= 15 is 0 Å². The maximum absolute atomic E-state index is 13.6. The van der Waals surface area contributed by atoms with Crippen LogP contribution in [-0.2, 0) is 9.84 Å². The van der Waals surface area contributed by atoms with Gasteiger partial charge in [-0.25, -0.2) is 12.8 Å². The number of sulfone groups is 1. The molecule has 1 aromatic rings. The van der Waals surface area contributed by atoms with Crippen LogP contribution < -0.4 is 5.32 Å². The molecule has 0 unspecified atom stereocenters. The van der Waals surface area contributed by atoms with Gasteiger partial charge in [0.1, 0.15) is 5.82 Å². The summed E-state index contributed by atoms with van der Waals surface area (Å²) in [4.78, 5) is 0.0698. The van der Waals surface area contributed by atoms with Crippen LogP contribution in [0, 0.1) is 5.82 Å². The molecule has 0 aliphatic carbocycles. The highest BCUT2D eigenvalue weighted by Crippen LogP contribution is 2.34. The Morgan fingerprint density at radius 3 is 2.81 bits per heavy atom. The average molecular weight is 241 g/mol. The van der Waals surface area contributed by atoms with Gasteiger partial charge in [0.15, 0.2) is 0 Å². The van der Waals surface area contributed by atoms with E-state index in [4.69, 9.17) is 0 Å². The third-order valence-corrected chi connectivity index (χ3v) is 4.01. The molecular weight excluding hydrogens is 229 g/mol. The molecule has 0 spiro atoms. The normalized spacial score (nSPS) is 17.0. The van der Waals surface area contributed by atoms with Gasteiger partial charge in [-0.05, 0) is 24.3 Å². The number of nitrogens with one attached hydrogen (secondary N) is 1. The van der Waals surface area contributed by atoms with Gasteiger partial charge in [0.25, 0.3) is 0 Å². The summed E-state index contributed by atoms with van der Waals surface area (Å²) in [7, 11) is -3.45. The molecule has 16 heavy (non-hydrogen) atoms. The van der Waals surface area contributed by atoms with Crippen LogP contribution in [0.2, 0.25) is 0 Å². The predicted molar refractivity (Wildman–Crippen MR) is 60.1 cm³/mol. The second kappa shape index (κ2) is 3.99. The lowest BCUT2D eigenvalue weighted by atomic mass is 10.1. The van der Waals surface area contributed by atoms with Gasteiger partial charge in [-0.15, -0.1) is 0 Å². The number of fused-ring (bicyclic) bond motifs is 1. The van der Waals surface area contributed by atoms with Crippen molar-refractivity contribution in [3.05, 3.63) is 35.0 Å². The fourth-order valence-electron chi connectivity index (χ4n) is 1.75. The highest BCUT2D eigenvalue weighted by Gasteiger charge is 2.28. The zero-order valence-electron chi connectivity index (χ0n) is 8.83. The van der Waals surface area contributed by atoms with E-state index in [2.05, 4.69) is 5.32 Å². The summed E-state index contributed by atoms with van der Waals surface area (Å²) in [6.45, 7) is 2.98.